The van der Waals surface area contributed by atoms with Crippen molar-refractivity contribution in [3.63, 3.8) is 0 Å². The summed E-state index contributed by atoms with van der Waals surface area (Å²) in [5.74, 6) is -0.685. The number of esters is 1. The fraction of sp³-hybridized carbons (Fsp3) is 0.0625. The number of nitrogens with one attached hydrogen (secondary N) is 1. The van der Waals surface area contributed by atoms with Crippen molar-refractivity contribution in [2.75, 3.05) is 5.32 Å². The summed E-state index contributed by atoms with van der Waals surface area (Å²) in [7, 11) is 0. The van der Waals surface area contributed by atoms with E-state index in [0.717, 1.165) is 0 Å². The minimum atomic E-state index is -0.612. The minimum absolute atomic E-state index is 0.163. The normalized spacial score (nSPS) is 9.68. The van der Waals surface area contributed by atoms with Crippen LogP contribution in [0.4, 0.5) is 5.69 Å². The van der Waals surface area contributed by atoms with Gasteiger partial charge >= 0.3 is 5.97 Å². The second-order valence-electron chi connectivity index (χ2n) is 4.41. The van der Waals surface area contributed by atoms with Gasteiger partial charge in [0.2, 0.25) is 5.91 Å². The van der Waals surface area contributed by atoms with Crippen LogP contribution in [0, 0.1) is 11.3 Å². The van der Waals surface area contributed by atoms with Gasteiger partial charge in [-0.25, -0.2) is 4.79 Å². The second-order valence-corrected chi connectivity index (χ2v) is 4.82. The Labute approximate surface area is 132 Å². The molecule has 0 fully saturated rings. The average Bonchev–Trinajstić information content (AvgIpc) is 2.48. The van der Waals surface area contributed by atoms with Crippen LogP contribution in [0.1, 0.15) is 22.8 Å². The predicted molar refractivity (Wildman–Crippen MR) is 81.9 cm³/mol. The first-order valence-electron chi connectivity index (χ1n) is 6.29. The Morgan fingerprint density at radius 1 is 1.23 bits per heavy atom. The molecule has 0 radical (unpaired) electrons. The standard InChI is InChI=1S/C16H11ClN2O3/c1-10(20)19-13-4-2-3-12(8-13)16(21)22-15-6-5-11(9-18)7-14(15)17/h2-8H,1H3,(H,19,20). The van der Waals surface area contributed by atoms with E-state index in [9.17, 15) is 9.59 Å². The molecule has 110 valence electrons. The van der Waals surface area contributed by atoms with Crippen LogP contribution in [0.25, 0.3) is 0 Å². The molecule has 0 saturated carbocycles. The first-order valence-corrected chi connectivity index (χ1v) is 6.67. The molecule has 0 aliphatic rings. The zero-order valence-electron chi connectivity index (χ0n) is 11.6. The smallest absolute Gasteiger partial charge is 0.343 e. The molecule has 5 nitrogen and oxygen atoms in total. The Bertz CT molecular complexity index is 781. The number of hydrogen-bond donors (Lipinski definition) is 1. The fourth-order valence-electron chi connectivity index (χ4n) is 1.74. The Morgan fingerprint density at radius 2 is 2.00 bits per heavy atom. The van der Waals surface area contributed by atoms with Crippen molar-refractivity contribution in [2.24, 2.45) is 0 Å². The van der Waals surface area contributed by atoms with Crippen molar-refractivity contribution in [1.29, 1.82) is 5.26 Å². The lowest BCUT2D eigenvalue weighted by molar-refractivity contribution is -0.114. The third kappa shape index (κ3) is 3.84. The highest BCUT2D eigenvalue weighted by Crippen LogP contribution is 2.26. The highest BCUT2D eigenvalue weighted by Gasteiger charge is 2.12. The molecule has 2 aromatic carbocycles. The maximum absolute atomic E-state index is 12.1. The molecule has 2 rings (SSSR count). The van der Waals surface area contributed by atoms with E-state index in [-0.39, 0.29) is 22.2 Å². The molecular weight excluding hydrogens is 304 g/mol. The van der Waals surface area contributed by atoms with Crippen LogP contribution in [-0.2, 0) is 4.79 Å². The first kappa shape index (κ1) is 15.5. The van der Waals surface area contributed by atoms with Gasteiger partial charge < -0.3 is 10.1 Å². The molecule has 2 aromatic rings. The molecule has 0 unspecified atom stereocenters. The maximum Gasteiger partial charge on any atom is 0.343 e. The number of benzene rings is 2. The monoisotopic (exact) mass is 314 g/mol. The van der Waals surface area contributed by atoms with Crippen LogP contribution in [0.5, 0.6) is 5.75 Å². The minimum Gasteiger partial charge on any atom is -0.421 e. The predicted octanol–water partition coefficient (Wildman–Crippen LogP) is 3.39. The van der Waals surface area contributed by atoms with Gasteiger partial charge in [-0.1, -0.05) is 17.7 Å². The van der Waals surface area contributed by atoms with E-state index in [1.165, 1.54) is 31.2 Å². The Hall–Kier alpha value is -2.84. The Balaban J connectivity index is 2.19. The van der Waals surface area contributed by atoms with Gasteiger partial charge in [0.25, 0.3) is 0 Å². The molecule has 1 N–H and O–H groups in total. The molecule has 0 saturated heterocycles. The molecule has 1 amide bonds. The number of hydrogen-bond acceptors (Lipinski definition) is 4. The van der Waals surface area contributed by atoms with Crippen LogP contribution < -0.4 is 10.1 Å². The number of halogens is 1. The van der Waals surface area contributed by atoms with Gasteiger partial charge in [-0.2, -0.15) is 5.26 Å². The van der Waals surface area contributed by atoms with Crippen LogP contribution in [0.3, 0.4) is 0 Å². The van der Waals surface area contributed by atoms with Gasteiger partial charge in [-0.15, -0.1) is 0 Å². The van der Waals surface area contributed by atoms with Crippen molar-refractivity contribution >= 4 is 29.2 Å². The summed E-state index contributed by atoms with van der Waals surface area (Å²) in [6.07, 6.45) is 0. The SMILES string of the molecule is CC(=O)Nc1cccc(C(=O)Oc2ccc(C#N)cc2Cl)c1. The lowest BCUT2D eigenvalue weighted by atomic mass is 10.2. The number of nitriles is 1. The number of carbonyl (C=O) groups excluding carboxylic acids is 2. The lowest BCUT2D eigenvalue weighted by Gasteiger charge is -2.08. The highest BCUT2D eigenvalue weighted by atomic mass is 35.5. The van der Waals surface area contributed by atoms with Gasteiger partial charge in [0.1, 0.15) is 5.75 Å². The highest BCUT2D eigenvalue weighted by molar-refractivity contribution is 6.32. The van der Waals surface area contributed by atoms with Crippen molar-refractivity contribution in [2.45, 2.75) is 6.92 Å². The molecule has 0 aliphatic heterocycles. The number of anilines is 1. The van der Waals surface area contributed by atoms with Crippen molar-refractivity contribution in [3.8, 4) is 11.8 Å². The summed E-state index contributed by atoms with van der Waals surface area (Å²) in [5.41, 5.74) is 1.14. The molecular formula is C16H11ClN2O3. The van der Waals surface area contributed by atoms with E-state index in [1.54, 1.807) is 18.2 Å². The largest absolute Gasteiger partial charge is 0.421 e. The van der Waals surface area contributed by atoms with Crippen molar-refractivity contribution in [1.82, 2.24) is 0 Å². The van der Waals surface area contributed by atoms with Crippen LogP contribution in [0.15, 0.2) is 42.5 Å². The Kier molecular flexibility index (Phi) is 4.77. The molecule has 0 heterocycles. The molecule has 22 heavy (non-hydrogen) atoms. The third-order valence-electron chi connectivity index (χ3n) is 2.68. The number of rotatable bonds is 3. The molecule has 0 bridgehead atoms. The second kappa shape index (κ2) is 6.74. The van der Waals surface area contributed by atoms with Crippen LogP contribution >= 0.6 is 11.6 Å². The van der Waals surface area contributed by atoms with Crippen LogP contribution in [0.2, 0.25) is 5.02 Å². The molecule has 6 heteroatoms. The number of ether oxygens (including phenoxy) is 1. The van der Waals surface area contributed by atoms with Gasteiger partial charge in [0, 0.05) is 12.6 Å². The third-order valence-corrected chi connectivity index (χ3v) is 2.98. The summed E-state index contributed by atoms with van der Waals surface area (Å²) >= 11 is 5.95. The molecule has 0 spiro atoms. The summed E-state index contributed by atoms with van der Waals surface area (Å²) in [5, 5.41) is 11.5. The summed E-state index contributed by atoms with van der Waals surface area (Å²) in [6, 6.07) is 12.7. The molecule has 0 aromatic heterocycles. The maximum atomic E-state index is 12.1. The van der Waals surface area contributed by atoms with Gasteiger partial charge in [0.05, 0.1) is 22.2 Å². The Morgan fingerprint density at radius 3 is 2.64 bits per heavy atom. The zero-order chi connectivity index (χ0) is 16.1. The van der Waals surface area contributed by atoms with E-state index >= 15 is 0 Å². The quantitative estimate of drug-likeness (QED) is 0.695. The topological polar surface area (TPSA) is 79.2 Å². The van der Waals surface area contributed by atoms with Gasteiger partial charge in [0.15, 0.2) is 0 Å². The first-order chi connectivity index (χ1) is 10.5. The van der Waals surface area contributed by atoms with E-state index in [1.807, 2.05) is 6.07 Å². The molecule has 0 atom stereocenters. The summed E-state index contributed by atoms with van der Waals surface area (Å²) < 4.78 is 5.20. The van der Waals surface area contributed by atoms with E-state index < -0.39 is 5.97 Å². The van der Waals surface area contributed by atoms with Crippen molar-refractivity contribution in [3.05, 3.63) is 58.6 Å². The van der Waals surface area contributed by atoms with E-state index in [0.29, 0.717) is 11.3 Å². The van der Waals surface area contributed by atoms with E-state index in [4.69, 9.17) is 21.6 Å². The fourth-order valence-corrected chi connectivity index (χ4v) is 1.96. The number of carbonyl (C=O) groups is 2. The summed E-state index contributed by atoms with van der Waals surface area (Å²) in [4.78, 5) is 23.1. The van der Waals surface area contributed by atoms with Gasteiger partial charge in [-0.05, 0) is 36.4 Å². The number of nitrogens with zero attached hydrogens (tertiary/aromatic N) is 1. The lowest BCUT2D eigenvalue weighted by Crippen LogP contribution is -2.11. The average molecular weight is 315 g/mol. The summed E-state index contributed by atoms with van der Waals surface area (Å²) in [6.45, 7) is 1.38. The van der Waals surface area contributed by atoms with E-state index in [2.05, 4.69) is 5.32 Å². The molecule has 0 aliphatic carbocycles. The van der Waals surface area contributed by atoms with Crippen molar-refractivity contribution < 1.29 is 14.3 Å². The van der Waals surface area contributed by atoms with Gasteiger partial charge in [-0.3, -0.25) is 4.79 Å². The number of amides is 1. The van der Waals surface area contributed by atoms with Crippen LogP contribution in [-0.4, -0.2) is 11.9 Å². The zero-order valence-corrected chi connectivity index (χ0v) is 12.3.